The predicted molar refractivity (Wildman–Crippen MR) is 48.7 cm³/mol. The van der Waals surface area contributed by atoms with Crippen LogP contribution in [0.3, 0.4) is 0 Å². The Hall–Kier alpha value is -0.730. The van der Waals surface area contributed by atoms with Gasteiger partial charge in [0.05, 0.1) is 0 Å². The van der Waals surface area contributed by atoms with Crippen molar-refractivity contribution < 1.29 is 11.0 Å². The van der Waals surface area contributed by atoms with E-state index in [1.54, 1.807) is 0 Å². The lowest BCUT2D eigenvalue weighted by molar-refractivity contribution is 0.0525. The molecule has 1 rings (SSSR count). The van der Waals surface area contributed by atoms with Crippen LogP contribution in [-0.4, -0.2) is 12.2 Å². The number of primary amides is 1. The summed E-state index contributed by atoms with van der Waals surface area (Å²) in [6.07, 6.45) is 2.58. The molecule has 0 aromatic heterocycles. The Labute approximate surface area is 74.8 Å². The molecule has 3 nitrogen and oxygen atoms in total. The van der Waals surface area contributed by atoms with Gasteiger partial charge in [-0.15, -0.1) is 0 Å². The minimum absolute atomic E-state index is 0. The van der Waals surface area contributed by atoms with Crippen molar-refractivity contribution in [1.82, 2.24) is 0 Å². The van der Waals surface area contributed by atoms with Gasteiger partial charge in [0.2, 0.25) is 0 Å². The summed E-state index contributed by atoms with van der Waals surface area (Å²) in [5, 5.41) is 0. The van der Waals surface area contributed by atoms with E-state index in [1.807, 2.05) is 0 Å². The van der Waals surface area contributed by atoms with Gasteiger partial charge >= 0.3 is 6.09 Å². The highest BCUT2D eigenvalue weighted by Gasteiger charge is 2.25. The minimum atomic E-state index is -0.638. The molecular formula is C9H19NO2. The van der Waals surface area contributed by atoms with E-state index in [2.05, 4.69) is 13.8 Å². The summed E-state index contributed by atoms with van der Waals surface area (Å²) < 4.78 is 4.97. The third-order valence-corrected chi connectivity index (χ3v) is 2.42. The zero-order chi connectivity index (χ0) is 9.14. The monoisotopic (exact) mass is 173 g/mol. The van der Waals surface area contributed by atoms with Crippen LogP contribution in [0.4, 0.5) is 4.79 Å². The number of ether oxygens (including phenoxy) is 1. The Morgan fingerprint density at radius 2 is 1.83 bits per heavy atom. The van der Waals surface area contributed by atoms with E-state index < -0.39 is 6.09 Å². The summed E-state index contributed by atoms with van der Waals surface area (Å²) in [5.41, 5.74) is 4.95. The normalized spacial score (nSPS) is 36.0. The molecule has 1 aliphatic rings. The highest BCUT2D eigenvalue weighted by molar-refractivity contribution is 5.64. The van der Waals surface area contributed by atoms with E-state index in [-0.39, 0.29) is 7.53 Å². The van der Waals surface area contributed by atoms with Crippen LogP contribution in [-0.2, 0) is 4.74 Å². The van der Waals surface area contributed by atoms with Crippen LogP contribution in [0.15, 0.2) is 0 Å². The lowest BCUT2D eigenvalue weighted by Gasteiger charge is -2.30. The van der Waals surface area contributed by atoms with E-state index in [0.717, 1.165) is 12.8 Å². The maximum absolute atomic E-state index is 10.5. The van der Waals surface area contributed by atoms with Gasteiger partial charge in [0.15, 0.2) is 0 Å². The Bertz CT molecular complexity index is 165. The fraction of sp³-hybridized carbons (Fsp3) is 0.889. The summed E-state index contributed by atoms with van der Waals surface area (Å²) in [6.45, 7) is 4.38. The fourth-order valence-corrected chi connectivity index (χ4v) is 2.13. The van der Waals surface area contributed by atoms with E-state index >= 15 is 0 Å². The molecule has 2 atom stereocenters. The molecule has 0 saturated heterocycles. The first-order chi connectivity index (χ1) is 5.58. The molecule has 1 amide bonds. The molecule has 0 aromatic carbocycles. The lowest BCUT2D eigenvalue weighted by atomic mass is 9.82. The van der Waals surface area contributed by atoms with Crippen molar-refractivity contribution in [3.05, 3.63) is 0 Å². The Balaban J connectivity index is 0.00000144. The second-order valence-electron chi connectivity index (χ2n) is 3.98. The molecule has 0 radical (unpaired) electrons. The number of nitrogens with two attached hydrogens (primary N) is 1. The Morgan fingerprint density at radius 3 is 2.25 bits per heavy atom. The van der Waals surface area contributed by atoms with E-state index in [1.165, 1.54) is 6.42 Å². The molecule has 1 fully saturated rings. The van der Waals surface area contributed by atoms with E-state index in [9.17, 15) is 4.79 Å². The van der Waals surface area contributed by atoms with Crippen LogP contribution in [0.2, 0.25) is 0 Å². The molecule has 0 spiro atoms. The van der Waals surface area contributed by atoms with Crippen molar-refractivity contribution >= 4 is 6.09 Å². The molecule has 0 bridgehead atoms. The maximum atomic E-state index is 10.5. The Kier molecular flexibility index (Phi) is 2.95. The number of carbonyl (C=O) groups excluding carboxylic acids is 1. The molecule has 1 aliphatic carbocycles. The molecule has 0 heterocycles. The predicted octanol–water partition coefficient (Wildman–Crippen LogP) is 2.15. The third kappa shape index (κ3) is 2.72. The van der Waals surface area contributed by atoms with Crippen LogP contribution in [0.5, 0.6) is 0 Å². The molecule has 2 unspecified atom stereocenters. The van der Waals surface area contributed by atoms with Crippen LogP contribution >= 0.6 is 0 Å². The molecular weight excluding hydrogens is 154 g/mol. The van der Waals surface area contributed by atoms with E-state index in [4.69, 9.17) is 10.5 Å². The van der Waals surface area contributed by atoms with Gasteiger partial charge in [0.25, 0.3) is 0 Å². The lowest BCUT2D eigenvalue weighted by Crippen LogP contribution is -2.30. The van der Waals surface area contributed by atoms with Gasteiger partial charge in [0, 0.05) is 1.43 Å². The van der Waals surface area contributed by atoms with Crippen LogP contribution in [0, 0.1) is 11.8 Å². The van der Waals surface area contributed by atoms with E-state index in [0.29, 0.717) is 11.8 Å². The largest absolute Gasteiger partial charge is 0.446 e. The summed E-state index contributed by atoms with van der Waals surface area (Å²) in [6, 6.07) is 0. The maximum Gasteiger partial charge on any atom is 0.404 e. The molecule has 2 N–H and O–H groups in total. The molecule has 0 aromatic rings. The first-order valence-electron chi connectivity index (χ1n) is 4.54. The summed E-state index contributed by atoms with van der Waals surface area (Å²) in [5.74, 6) is 1.30. The van der Waals surface area contributed by atoms with Crippen LogP contribution in [0.25, 0.3) is 0 Å². The first-order valence-corrected chi connectivity index (χ1v) is 4.54. The van der Waals surface area contributed by atoms with Crippen molar-refractivity contribution in [2.75, 3.05) is 0 Å². The quantitative estimate of drug-likeness (QED) is 0.660. The van der Waals surface area contributed by atoms with Gasteiger partial charge in [0.1, 0.15) is 6.10 Å². The molecule has 3 heteroatoms. The molecule has 1 saturated carbocycles. The summed E-state index contributed by atoms with van der Waals surface area (Å²) in [4.78, 5) is 10.5. The SMILES string of the molecule is CC1CC(C)CC(OC(N)=O)C1.[HH]. The zero-order valence-corrected chi connectivity index (χ0v) is 7.75. The number of hydrogen-bond donors (Lipinski definition) is 1. The number of rotatable bonds is 1. The molecule has 0 aliphatic heterocycles. The van der Waals surface area contributed by atoms with Crippen LogP contribution in [0.1, 0.15) is 34.5 Å². The highest BCUT2D eigenvalue weighted by Crippen LogP contribution is 2.30. The summed E-state index contributed by atoms with van der Waals surface area (Å²) >= 11 is 0. The van der Waals surface area contributed by atoms with Gasteiger partial charge < -0.3 is 10.5 Å². The summed E-state index contributed by atoms with van der Waals surface area (Å²) in [7, 11) is 0. The standard InChI is InChI=1S/C9H17NO2.H2/c1-6-3-7(2)5-8(4-6)12-9(10)11;/h6-8H,3-5H2,1-2H3,(H2,10,11);1H. The average Bonchev–Trinajstić information content (AvgIpc) is 1.81. The molecule has 12 heavy (non-hydrogen) atoms. The van der Waals surface area contributed by atoms with Gasteiger partial charge in [-0.25, -0.2) is 4.79 Å². The Morgan fingerprint density at radius 1 is 1.33 bits per heavy atom. The van der Waals surface area contributed by atoms with Gasteiger partial charge in [-0.3, -0.25) is 0 Å². The van der Waals surface area contributed by atoms with Crippen LogP contribution < -0.4 is 5.73 Å². The van der Waals surface area contributed by atoms with Crippen molar-refractivity contribution in [1.29, 1.82) is 0 Å². The van der Waals surface area contributed by atoms with Gasteiger partial charge in [-0.2, -0.15) is 0 Å². The van der Waals surface area contributed by atoms with Crippen molar-refractivity contribution in [2.45, 2.75) is 39.2 Å². The van der Waals surface area contributed by atoms with Crippen molar-refractivity contribution in [2.24, 2.45) is 17.6 Å². The number of hydrogen-bond acceptors (Lipinski definition) is 2. The minimum Gasteiger partial charge on any atom is -0.446 e. The van der Waals surface area contributed by atoms with Crippen molar-refractivity contribution in [3.63, 3.8) is 0 Å². The number of amides is 1. The van der Waals surface area contributed by atoms with Gasteiger partial charge in [-0.05, 0) is 31.1 Å². The third-order valence-electron chi connectivity index (χ3n) is 2.42. The number of carbonyl (C=O) groups is 1. The topological polar surface area (TPSA) is 52.3 Å². The fourth-order valence-electron chi connectivity index (χ4n) is 2.13. The smallest absolute Gasteiger partial charge is 0.404 e. The second-order valence-corrected chi connectivity index (χ2v) is 3.98. The first kappa shape index (κ1) is 9.36. The van der Waals surface area contributed by atoms with Crippen molar-refractivity contribution in [3.8, 4) is 0 Å². The average molecular weight is 173 g/mol. The zero-order valence-electron chi connectivity index (χ0n) is 7.75. The molecule has 72 valence electrons. The van der Waals surface area contributed by atoms with Gasteiger partial charge in [-0.1, -0.05) is 13.8 Å². The second kappa shape index (κ2) is 3.78. The highest BCUT2D eigenvalue weighted by atomic mass is 16.6.